The van der Waals surface area contributed by atoms with Gasteiger partial charge in [-0.3, -0.25) is 0 Å². The molecule has 102 valence electrons. The molecule has 1 fully saturated rings. The minimum atomic E-state index is 0.285. The van der Waals surface area contributed by atoms with E-state index < -0.39 is 0 Å². The van der Waals surface area contributed by atoms with Gasteiger partial charge in [0, 0.05) is 12.1 Å². The Morgan fingerprint density at radius 2 is 1.82 bits per heavy atom. The van der Waals surface area contributed by atoms with Gasteiger partial charge in [-0.1, -0.05) is 33.6 Å². The summed E-state index contributed by atoms with van der Waals surface area (Å²) in [5.74, 6) is 1.63. The maximum Gasteiger partial charge on any atom is 0.0584 e. The van der Waals surface area contributed by atoms with Crippen LogP contribution in [0.4, 0.5) is 0 Å². The molecule has 17 heavy (non-hydrogen) atoms. The molecule has 0 aromatic rings. The smallest absolute Gasteiger partial charge is 0.0584 e. The molecule has 1 aliphatic rings. The lowest BCUT2D eigenvalue weighted by molar-refractivity contribution is 0.190. The third-order valence-electron chi connectivity index (χ3n) is 3.99. The number of nitrogens with one attached hydrogen (secondary N) is 1. The van der Waals surface area contributed by atoms with Crippen molar-refractivity contribution in [2.24, 2.45) is 11.8 Å². The van der Waals surface area contributed by atoms with Gasteiger partial charge in [-0.25, -0.2) is 0 Å². The predicted octanol–water partition coefficient (Wildman–Crippen LogP) is 3.34. The number of aliphatic hydroxyl groups excluding tert-OH is 1. The molecule has 1 saturated carbocycles. The van der Waals surface area contributed by atoms with E-state index in [1.807, 2.05) is 0 Å². The summed E-state index contributed by atoms with van der Waals surface area (Å²) < 4.78 is 0. The molecule has 0 aromatic carbocycles. The standard InChI is InChI=1S/C15H31NO/c1-4-5-13-6-8-14(9-7-13)16-15(11-17)10-12(2)3/h12-17H,4-11H2,1-3H3. The zero-order valence-electron chi connectivity index (χ0n) is 11.9. The van der Waals surface area contributed by atoms with Crippen molar-refractivity contribution in [3.63, 3.8) is 0 Å². The zero-order chi connectivity index (χ0) is 12.7. The Labute approximate surface area is 107 Å². The summed E-state index contributed by atoms with van der Waals surface area (Å²) in [6.07, 6.45) is 9.19. The first kappa shape index (κ1) is 15.0. The van der Waals surface area contributed by atoms with Crippen LogP contribution < -0.4 is 5.32 Å². The predicted molar refractivity (Wildman–Crippen MR) is 74.1 cm³/mol. The average molecular weight is 241 g/mol. The van der Waals surface area contributed by atoms with Crippen molar-refractivity contribution < 1.29 is 5.11 Å². The number of aliphatic hydroxyl groups is 1. The fourth-order valence-electron chi connectivity index (χ4n) is 3.12. The minimum Gasteiger partial charge on any atom is -0.395 e. The molecule has 0 amide bonds. The van der Waals surface area contributed by atoms with Gasteiger partial charge in [0.2, 0.25) is 0 Å². The second-order valence-corrected chi connectivity index (χ2v) is 6.18. The van der Waals surface area contributed by atoms with Crippen molar-refractivity contribution >= 4 is 0 Å². The molecular formula is C15H31NO. The monoisotopic (exact) mass is 241 g/mol. The van der Waals surface area contributed by atoms with Crippen molar-refractivity contribution in [1.29, 1.82) is 0 Å². The molecular weight excluding hydrogens is 210 g/mol. The highest BCUT2D eigenvalue weighted by atomic mass is 16.3. The molecule has 0 radical (unpaired) electrons. The van der Waals surface area contributed by atoms with Crippen LogP contribution >= 0.6 is 0 Å². The molecule has 2 N–H and O–H groups in total. The van der Waals surface area contributed by atoms with Crippen molar-refractivity contribution in [1.82, 2.24) is 5.32 Å². The quantitative estimate of drug-likeness (QED) is 0.716. The summed E-state index contributed by atoms with van der Waals surface area (Å²) in [7, 11) is 0. The first-order chi connectivity index (χ1) is 8.15. The van der Waals surface area contributed by atoms with Gasteiger partial charge in [-0.2, -0.15) is 0 Å². The van der Waals surface area contributed by atoms with E-state index in [-0.39, 0.29) is 6.61 Å². The van der Waals surface area contributed by atoms with Crippen LogP contribution in [0.25, 0.3) is 0 Å². The van der Waals surface area contributed by atoms with E-state index in [9.17, 15) is 5.11 Å². The normalized spacial score (nSPS) is 27.4. The molecule has 1 aliphatic carbocycles. The number of hydrogen-bond acceptors (Lipinski definition) is 2. The van der Waals surface area contributed by atoms with E-state index in [4.69, 9.17) is 0 Å². The fourth-order valence-corrected chi connectivity index (χ4v) is 3.12. The second kappa shape index (κ2) is 8.10. The lowest BCUT2D eigenvalue weighted by Crippen LogP contribution is -2.43. The van der Waals surface area contributed by atoms with Crippen molar-refractivity contribution in [2.45, 2.75) is 77.8 Å². The first-order valence-electron chi connectivity index (χ1n) is 7.52. The maximum atomic E-state index is 9.38. The van der Waals surface area contributed by atoms with Crippen molar-refractivity contribution in [2.75, 3.05) is 6.61 Å². The van der Waals surface area contributed by atoms with E-state index in [1.54, 1.807) is 0 Å². The summed E-state index contributed by atoms with van der Waals surface area (Å²) >= 11 is 0. The molecule has 0 aromatic heterocycles. The Morgan fingerprint density at radius 3 is 2.29 bits per heavy atom. The fraction of sp³-hybridized carbons (Fsp3) is 1.00. The maximum absolute atomic E-state index is 9.38. The van der Waals surface area contributed by atoms with Crippen LogP contribution in [0.1, 0.15) is 65.7 Å². The lowest BCUT2D eigenvalue weighted by Gasteiger charge is -2.32. The van der Waals surface area contributed by atoms with Crippen molar-refractivity contribution in [3.05, 3.63) is 0 Å². The molecule has 0 aliphatic heterocycles. The van der Waals surface area contributed by atoms with Crippen LogP contribution in [-0.2, 0) is 0 Å². The van der Waals surface area contributed by atoms with E-state index in [0.717, 1.165) is 12.3 Å². The molecule has 1 rings (SSSR count). The molecule has 0 heterocycles. The summed E-state index contributed by atoms with van der Waals surface area (Å²) in [5, 5.41) is 13.0. The van der Waals surface area contributed by atoms with E-state index in [1.165, 1.54) is 38.5 Å². The molecule has 0 bridgehead atoms. The number of rotatable bonds is 7. The van der Waals surface area contributed by atoms with Gasteiger partial charge in [-0.05, 0) is 43.9 Å². The molecule has 2 nitrogen and oxygen atoms in total. The molecule has 0 saturated heterocycles. The average Bonchev–Trinajstić information content (AvgIpc) is 2.30. The summed E-state index contributed by atoms with van der Waals surface area (Å²) in [6.45, 7) is 7.02. The van der Waals surface area contributed by atoms with E-state index in [0.29, 0.717) is 18.0 Å². The topological polar surface area (TPSA) is 32.3 Å². The molecule has 1 unspecified atom stereocenters. The van der Waals surface area contributed by atoms with Gasteiger partial charge in [0.25, 0.3) is 0 Å². The second-order valence-electron chi connectivity index (χ2n) is 6.18. The molecule has 1 atom stereocenters. The van der Waals surface area contributed by atoms with Gasteiger partial charge in [0.15, 0.2) is 0 Å². The van der Waals surface area contributed by atoms with Crippen LogP contribution in [0.3, 0.4) is 0 Å². The van der Waals surface area contributed by atoms with Gasteiger partial charge in [-0.15, -0.1) is 0 Å². The highest BCUT2D eigenvalue weighted by Gasteiger charge is 2.22. The van der Waals surface area contributed by atoms with Gasteiger partial charge in [0.1, 0.15) is 0 Å². The summed E-state index contributed by atoms with van der Waals surface area (Å²) in [4.78, 5) is 0. The van der Waals surface area contributed by atoms with Crippen molar-refractivity contribution in [3.8, 4) is 0 Å². The van der Waals surface area contributed by atoms with E-state index >= 15 is 0 Å². The Balaban J connectivity index is 2.23. The van der Waals surface area contributed by atoms with Gasteiger partial charge in [0.05, 0.1) is 6.61 Å². The van der Waals surface area contributed by atoms with Crippen LogP contribution in [-0.4, -0.2) is 23.8 Å². The SMILES string of the molecule is CCCC1CCC(NC(CO)CC(C)C)CC1. The third kappa shape index (κ3) is 5.87. The summed E-state index contributed by atoms with van der Waals surface area (Å²) in [6, 6.07) is 0.960. The highest BCUT2D eigenvalue weighted by Crippen LogP contribution is 2.28. The van der Waals surface area contributed by atoms with Gasteiger partial charge < -0.3 is 10.4 Å². The van der Waals surface area contributed by atoms with Crippen LogP contribution in [0.15, 0.2) is 0 Å². The summed E-state index contributed by atoms with van der Waals surface area (Å²) in [5.41, 5.74) is 0. The Bertz CT molecular complexity index is 185. The highest BCUT2D eigenvalue weighted by molar-refractivity contribution is 4.80. The van der Waals surface area contributed by atoms with E-state index in [2.05, 4.69) is 26.1 Å². The molecule has 2 heteroatoms. The largest absolute Gasteiger partial charge is 0.395 e. The minimum absolute atomic E-state index is 0.285. The zero-order valence-corrected chi connectivity index (χ0v) is 11.9. The van der Waals surface area contributed by atoms with Gasteiger partial charge >= 0.3 is 0 Å². The third-order valence-corrected chi connectivity index (χ3v) is 3.99. The molecule has 0 spiro atoms. The number of hydrogen-bond donors (Lipinski definition) is 2. The van der Waals surface area contributed by atoms with Crippen LogP contribution in [0, 0.1) is 11.8 Å². The van der Waals surface area contributed by atoms with Crippen LogP contribution in [0.5, 0.6) is 0 Å². The Kier molecular flexibility index (Phi) is 7.14. The Morgan fingerprint density at radius 1 is 1.18 bits per heavy atom. The Hall–Kier alpha value is -0.0800. The van der Waals surface area contributed by atoms with Crippen LogP contribution in [0.2, 0.25) is 0 Å². The lowest BCUT2D eigenvalue weighted by atomic mass is 9.83. The first-order valence-corrected chi connectivity index (χ1v) is 7.52.